The maximum absolute atomic E-state index is 9.68. The van der Waals surface area contributed by atoms with Crippen LogP contribution in [0, 0.1) is 0 Å². The zero-order valence-electron chi connectivity index (χ0n) is 9.77. The van der Waals surface area contributed by atoms with Crippen LogP contribution < -0.4 is 0 Å². The van der Waals surface area contributed by atoms with Gasteiger partial charge in [0.2, 0.25) is 0 Å². The van der Waals surface area contributed by atoms with Crippen LogP contribution >= 0.6 is 0 Å². The molecule has 0 aliphatic rings. The van der Waals surface area contributed by atoms with E-state index in [2.05, 4.69) is 0 Å². The number of aliphatic hydroxyl groups excluding tert-OH is 2. The van der Waals surface area contributed by atoms with Gasteiger partial charge in [-0.15, -0.1) is 0 Å². The van der Waals surface area contributed by atoms with Crippen molar-refractivity contribution in [2.24, 2.45) is 0 Å². The summed E-state index contributed by atoms with van der Waals surface area (Å²) in [5.74, 6) is 0. The summed E-state index contributed by atoms with van der Waals surface area (Å²) >= 11 is 0. The fraction of sp³-hybridized carbons (Fsp3) is 1.00. The molecule has 86 valence electrons. The van der Waals surface area contributed by atoms with Crippen molar-refractivity contribution in [1.82, 2.24) is 9.80 Å². The topological polar surface area (TPSA) is 46.9 Å². The molecule has 0 saturated heterocycles. The summed E-state index contributed by atoms with van der Waals surface area (Å²) in [5, 5.41) is 19.4. The van der Waals surface area contributed by atoms with Crippen molar-refractivity contribution in [3.63, 3.8) is 0 Å². The van der Waals surface area contributed by atoms with E-state index in [0.717, 1.165) is 6.54 Å². The minimum atomic E-state index is -0.537. The molecule has 0 saturated carbocycles. The minimum Gasteiger partial charge on any atom is -0.378 e. The summed E-state index contributed by atoms with van der Waals surface area (Å²) < 4.78 is 0. The van der Waals surface area contributed by atoms with Gasteiger partial charge in [0, 0.05) is 13.1 Å². The fourth-order valence-corrected chi connectivity index (χ4v) is 1.28. The third kappa shape index (κ3) is 4.91. The molecule has 0 aliphatic carbocycles. The van der Waals surface area contributed by atoms with E-state index in [1.54, 1.807) is 4.90 Å². The Morgan fingerprint density at radius 3 is 1.64 bits per heavy atom. The second kappa shape index (κ2) is 7.17. The highest BCUT2D eigenvalue weighted by Gasteiger charge is 2.19. The lowest BCUT2D eigenvalue weighted by Crippen LogP contribution is -2.45. The zero-order chi connectivity index (χ0) is 11.1. The molecule has 0 aromatic heterocycles. The van der Waals surface area contributed by atoms with Crippen molar-refractivity contribution in [1.29, 1.82) is 0 Å². The molecule has 0 amide bonds. The summed E-state index contributed by atoms with van der Waals surface area (Å²) in [7, 11) is 3.96. The van der Waals surface area contributed by atoms with E-state index in [1.807, 2.05) is 32.8 Å². The van der Waals surface area contributed by atoms with Gasteiger partial charge < -0.3 is 15.1 Å². The number of rotatable bonds is 7. The van der Waals surface area contributed by atoms with Crippen molar-refractivity contribution in [2.45, 2.75) is 39.1 Å². The molecule has 0 rings (SSSR count). The Labute approximate surface area is 87.1 Å². The molecule has 4 nitrogen and oxygen atoms in total. The van der Waals surface area contributed by atoms with Crippen LogP contribution in [0.4, 0.5) is 0 Å². The smallest absolute Gasteiger partial charge is 0.109 e. The van der Waals surface area contributed by atoms with Crippen molar-refractivity contribution in [3.8, 4) is 0 Å². The van der Waals surface area contributed by atoms with Crippen molar-refractivity contribution in [2.75, 3.05) is 27.2 Å². The summed E-state index contributed by atoms with van der Waals surface area (Å²) in [6.45, 7) is 5.36. The number of likely N-dealkylation sites (N-methyl/N-ethyl adjacent to an activating group) is 1. The predicted octanol–water partition coefficient (Wildman–Crippen LogP) is 0.307. The highest BCUT2D eigenvalue weighted by Crippen LogP contribution is 2.07. The first-order chi connectivity index (χ1) is 6.52. The third-order valence-electron chi connectivity index (χ3n) is 2.30. The first-order valence-electron chi connectivity index (χ1n) is 5.29. The van der Waals surface area contributed by atoms with E-state index >= 15 is 0 Å². The maximum Gasteiger partial charge on any atom is 0.109 e. The van der Waals surface area contributed by atoms with E-state index in [1.165, 1.54) is 0 Å². The Balaban J connectivity index is 4.10. The highest BCUT2D eigenvalue weighted by molar-refractivity contribution is 4.65. The molecule has 0 aliphatic heterocycles. The van der Waals surface area contributed by atoms with Crippen LogP contribution in [0.25, 0.3) is 0 Å². The lowest BCUT2D eigenvalue weighted by Gasteiger charge is -2.32. The number of hydrogen-bond donors (Lipinski definition) is 2. The van der Waals surface area contributed by atoms with Crippen LogP contribution in [0.2, 0.25) is 0 Å². The molecular formula is C10H24N2O2. The Morgan fingerprint density at radius 1 is 0.929 bits per heavy atom. The summed E-state index contributed by atoms with van der Waals surface area (Å²) in [5.41, 5.74) is 0. The molecule has 2 unspecified atom stereocenters. The van der Waals surface area contributed by atoms with Gasteiger partial charge in [0.15, 0.2) is 0 Å². The molecule has 0 bridgehead atoms. The van der Waals surface area contributed by atoms with Crippen molar-refractivity contribution < 1.29 is 10.2 Å². The quantitative estimate of drug-likeness (QED) is 0.586. The minimum absolute atomic E-state index is 0.537. The van der Waals surface area contributed by atoms with Gasteiger partial charge in [0.25, 0.3) is 0 Å². The van der Waals surface area contributed by atoms with Crippen LogP contribution in [0.15, 0.2) is 0 Å². The van der Waals surface area contributed by atoms with E-state index in [-0.39, 0.29) is 0 Å². The molecule has 0 fully saturated rings. The van der Waals surface area contributed by atoms with Crippen LogP contribution in [0.1, 0.15) is 26.7 Å². The molecular weight excluding hydrogens is 180 g/mol. The lowest BCUT2D eigenvalue weighted by atomic mass is 10.3. The molecule has 0 radical (unpaired) electrons. The Morgan fingerprint density at radius 2 is 1.36 bits per heavy atom. The van der Waals surface area contributed by atoms with Gasteiger partial charge in [-0.3, -0.25) is 4.90 Å². The standard InChI is InChI=1S/C10H24N2O2/c1-5-9(13)12(10(14)6-2)8-7-11(3)4/h9-10,13-14H,5-8H2,1-4H3. The fourth-order valence-electron chi connectivity index (χ4n) is 1.28. The highest BCUT2D eigenvalue weighted by atomic mass is 16.3. The molecule has 4 heteroatoms. The summed E-state index contributed by atoms with van der Waals surface area (Å²) in [6.07, 6.45) is 0.212. The van der Waals surface area contributed by atoms with Gasteiger partial charge in [-0.25, -0.2) is 0 Å². The monoisotopic (exact) mass is 204 g/mol. The second-order valence-corrected chi connectivity index (χ2v) is 3.82. The van der Waals surface area contributed by atoms with Crippen LogP contribution in [-0.4, -0.2) is 59.7 Å². The SMILES string of the molecule is CCC(O)N(CCN(C)C)C(O)CC. The molecule has 2 atom stereocenters. The van der Waals surface area contributed by atoms with Crippen LogP contribution in [0.3, 0.4) is 0 Å². The molecule has 0 spiro atoms. The van der Waals surface area contributed by atoms with Gasteiger partial charge in [0.05, 0.1) is 0 Å². The molecule has 0 heterocycles. The predicted molar refractivity (Wildman–Crippen MR) is 57.9 cm³/mol. The molecule has 0 aromatic rings. The van der Waals surface area contributed by atoms with Crippen LogP contribution in [-0.2, 0) is 0 Å². The number of hydrogen-bond acceptors (Lipinski definition) is 4. The second-order valence-electron chi connectivity index (χ2n) is 3.82. The van der Waals surface area contributed by atoms with Gasteiger partial charge in [0.1, 0.15) is 12.5 Å². The first kappa shape index (κ1) is 13.8. The Bertz CT molecular complexity index is 132. The summed E-state index contributed by atoms with van der Waals surface area (Å²) in [4.78, 5) is 3.78. The average molecular weight is 204 g/mol. The van der Waals surface area contributed by atoms with Gasteiger partial charge in [-0.1, -0.05) is 13.8 Å². The number of nitrogens with zero attached hydrogens (tertiary/aromatic N) is 2. The largest absolute Gasteiger partial charge is 0.378 e. The third-order valence-corrected chi connectivity index (χ3v) is 2.30. The molecule has 14 heavy (non-hydrogen) atoms. The van der Waals surface area contributed by atoms with E-state index in [0.29, 0.717) is 19.4 Å². The molecule has 2 N–H and O–H groups in total. The van der Waals surface area contributed by atoms with E-state index in [9.17, 15) is 10.2 Å². The van der Waals surface area contributed by atoms with Gasteiger partial charge in [-0.05, 0) is 26.9 Å². The lowest BCUT2D eigenvalue weighted by molar-refractivity contribution is -0.105. The molecule has 0 aromatic carbocycles. The van der Waals surface area contributed by atoms with E-state index in [4.69, 9.17) is 0 Å². The van der Waals surface area contributed by atoms with Gasteiger partial charge in [-0.2, -0.15) is 0 Å². The number of aliphatic hydroxyl groups is 2. The Hall–Kier alpha value is -0.160. The Kier molecular flexibility index (Phi) is 7.09. The average Bonchev–Trinajstić information content (AvgIpc) is 2.16. The zero-order valence-corrected chi connectivity index (χ0v) is 9.77. The normalized spacial score (nSPS) is 16.3. The van der Waals surface area contributed by atoms with E-state index < -0.39 is 12.5 Å². The summed E-state index contributed by atoms with van der Waals surface area (Å²) in [6, 6.07) is 0. The van der Waals surface area contributed by atoms with Crippen molar-refractivity contribution >= 4 is 0 Å². The van der Waals surface area contributed by atoms with Gasteiger partial charge >= 0.3 is 0 Å². The van der Waals surface area contributed by atoms with Crippen molar-refractivity contribution in [3.05, 3.63) is 0 Å². The maximum atomic E-state index is 9.68. The van der Waals surface area contributed by atoms with Crippen LogP contribution in [0.5, 0.6) is 0 Å². The first-order valence-corrected chi connectivity index (χ1v) is 5.29.